The van der Waals surface area contributed by atoms with E-state index in [0.717, 1.165) is 5.52 Å². The Hall–Kier alpha value is -3.55. The van der Waals surface area contributed by atoms with Crippen molar-refractivity contribution in [3.63, 3.8) is 0 Å². The molecule has 4 aromatic rings. The Kier molecular flexibility index (Phi) is 3.27. The Morgan fingerprint density at radius 2 is 1.96 bits per heavy atom. The van der Waals surface area contributed by atoms with Crippen LogP contribution in [0.5, 0.6) is 0 Å². The highest BCUT2D eigenvalue weighted by Crippen LogP contribution is 2.08. The fourth-order valence-corrected chi connectivity index (χ4v) is 2.42. The minimum absolute atomic E-state index is 0.0343. The zero-order valence-electron chi connectivity index (χ0n) is 12.4. The number of hydrogen-bond acceptors (Lipinski definition) is 5. The van der Waals surface area contributed by atoms with Gasteiger partial charge >= 0.3 is 0 Å². The van der Waals surface area contributed by atoms with Crippen molar-refractivity contribution >= 4 is 28.0 Å². The van der Waals surface area contributed by atoms with E-state index in [1.165, 1.54) is 0 Å². The lowest BCUT2D eigenvalue weighted by Crippen LogP contribution is -2.27. The van der Waals surface area contributed by atoms with Crippen LogP contribution in [0.25, 0.3) is 22.1 Å². The molecule has 4 rings (SSSR count). The van der Waals surface area contributed by atoms with Gasteiger partial charge in [0, 0.05) is 6.20 Å². The molecule has 1 amide bonds. The number of carbonyl (C=O) groups is 1. The van der Waals surface area contributed by atoms with Crippen LogP contribution in [0.3, 0.4) is 0 Å². The molecular formula is C16H12N6O2. The van der Waals surface area contributed by atoms with E-state index in [1.807, 2.05) is 6.07 Å². The summed E-state index contributed by atoms with van der Waals surface area (Å²) in [6.07, 6.45) is 1.65. The van der Waals surface area contributed by atoms with Gasteiger partial charge in [-0.1, -0.05) is 12.1 Å². The molecule has 0 aliphatic heterocycles. The average molecular weight is 320 g/mol. The molecule has 8 heteroatoms. The molecule has 1 aromatic carbocycles. The second kappa shape index (κ2) is 5.58. The Labute approximate surface area is 135 Å². The number of hydrogen-bond donors (Lipinski definition) is 3. The Morgan fingerprint density at radius 1 is 1.08 bits per heavy atom. The number of nitrogens with zero attached hydrogens (tertiary/aromatic N) is 3. The quantitative estimate of drug-likeness (QED) is 0.523. The van der Waals surface area contributed by atoms with Crippen molar-refractivity contribution < 1.29 is 4.79 Å². The third kappa shape index (κ3) is 2.50. The fraction of sp³-hybridized carbons (Fsp3) is 0.0625. The van der Waals surface area contributed by atoms with Gasteiger partial charge in [-0.05, 0) is 24.3 Å². The van der Waals surface area contributed by atoms with Crippen LogP contribution in [-0.4, -0.2) is 30.8 Å². The summed E-state index contributed by atoms with van der Waals surface area (Å²) in [4.78, 5) is 42.3. The molecule has 24 heavy (non-hydrogen) atoms. The summed E-state index contributed by atoms with van der Waals surface area (Å²) in [5, 5.41) is 3.12. The SMILES string of the molecule is O=C(NCc1nc2ncccc2[nH]1)c1nc2ccccc2c(=O)[nH]1. The second-order valence-corrected chi connectivity index (χ2v) is 5.17. The van der Waals surface area contributed by atoms with Crippen LogP contribution in [0.15, 0.2) is 47.4 Å². The van der Waals surface area contributed by atoms with E-state index in [9.17, 15) is 9.59 Å². The summed E-state index contributed by atoms with van der Waals surface area (Å²) in [7, 11) is 0. The Bertz CT molecular complexity index is 1080. The van der Waals surface area contributed by atoms with Crippen LogP contribution in [0.4, 0.5) is 0 Å². The van der Waals surface area contributed by atoms with Crippen LogP contribution in [-0.2, 0) is 6.54 Å². The number of carbonyl (C=O) groups excluding carboxylic acids is 1. The molecule has 0 saturated heterocycles. The first kappa shape index (κ1) is 14.1. The lowest BCUT2D eigenvalue weighted by molar-refractivity contribution is 0.0939. The number of imidazole rings is 1. The van der Waals surface area contributed by atoms with Gasteiger partial charge in [0.1, 0.15) is 5.82 Å². The number of para-hydroxylation sites is 1. The van der Waals surface area contributed by atoms with Crippen LogP contribution >= 0.6 is 0 Å². The Morgan fingerprint density at radius 3 is 2.83 bits per heavy atom. The zero-order valence-corrected chi connectivity index (χ0v) is 12.4. The fourth-order valence-electron chi connectivity index (χ4n) is 2.42. The van der Waals surface area contributed by atoms with E-state index in [4.69, 9.17) is 0 Å². The molecule has 118 valence electrons. The minimum atomic E-state index is -0.480. The van der Waals surface area contributed by atoms with Crippen molar-refractivity contribution in [3.05, 3.63) is 64.6 Å². The maximum Gasteiger partial charge on any atom is 0.287 e. The maximum absolute atomic E-state index is 12.2. The summed E-state index contributed by atoms with van der Waals surface area (Å²) < 4.78 is 0. The first-order valence-corrected chi connectivity index (χ1v) is 7.27. The summed E-state index contributed by atoms with van der Waals surface area (Å²) >= 11 is 0. The number of pyridine rings is 1. The predicted molar refractivity (Wildman–Crippen MR) is 87.4 cm³/mol. The number of fused-ring (bicyclic) bond motifs is 2. The van der Waals surface area contributed by atoms with E-state index < -0.39 is 5.91 Å². The van der Waals surface area contributed by atoms with Crippen LogP contribution < -0.4 is 10.9 Å². The minimum Gasteiger partial charge on any atom is -0.342 e. The molecule has 3 N–H and O–H groups in total. The van der Waals surface area contributed by atoms with Gasteiger partial charge in [-0.3, -0.25) is 9.59 Å². The highest BCUT2D eigenvalue weighted by atomic mass is 16.2. The van der Waals surface area contributed by atoms with Crippen LogP contribution in [0, 0.1) is 0 Å². The topological polar surface area (TPSA) is 116 Å². The van der Waals surface area contributed by atoms with Crippen molar-refractivity contribution in [2.75, 3.05) is 0 Å². The number of rotatable bonds is 3. The van der Waals surface area contributed by atoms with Crippen molar-refractivity contribution in [3.8, 4) is 0 Å². The maximum atomic E-state index is 12.2. The molecule has 8 nitrogen and oxygen atoms in total. The monoisotopic (exact) mass is 320 g/mol. The molecule has 0 aliphatic rings. The lowest BCUT2D eigenvalue weighted by atomic mass is 10.2. The second-order valence-electron chi connectivity index (χ2n) is 5.17. The van der Waals surface area contributed by atoms with E-state index in [0.29, 0.717) is 22.4 Å². The van der Waals surface area contributed by atoms with E-state index in [1.54, 1.807) is 36.5 Å². The molecule has 0 radical (unpaired) electrons. The predicted octanol–water partition coefficient (Wildman–Crippen LogP) is 1.12. The highest BCUT2D eigenvalue weighted by molar-refractivity contribution is 5.92. The van der Waals surface area contributed by atoms with E-state index in [2.05, 4.69) is 30.2 Å². The first-order valence-electron chi connectivity index (χ1n) is 7.27. The summed E-state index contributed by atoms with van der Waals surface area (Å²) in [6.45, 7) is 0.172. The lowest BCUT2D eigenvalue weighted by Gasteiger charge is -2.03. The summed E-state index contributed by atoms with van der Waals surface area (Å²) in [5.74, 6) is 0.0550. The van der Waals surface area contributed by atoms with Gasteiger partial charge in [0.25, 0.3) is 11.5 Å². The third-order valence-corrected chi connectivity index (χ3v) is 3.55. The molecule has 0 aliphatic carbocycles. The van der Waals surface area contributed by atoms with Gasteiger partial charge in [0.2, 0.25) is 0 Å². The molecule has 3 aromatic heterocycles. The number of nitrogens with one attached hydrogen (secondary N) is 3. The van der Waals surface area contributed by atoms with Gasteiger partial charge < -0.3 is 15.3 Å². The van der Waals surface area contributed by atoms with Gasteiger partial charge in [0.05, 0.1) is 23.0 Å². The average Bonchev–Trinajstić information content (AvgIpc) is 3.02. The zero-order chi connectivity index (χ0) is 16.5. The van der Waals surface area contributed by atoms with Crippen molar-refractivity contribution in [2.45, 2.75) is 6.54 Å². The molecule has 0 unspecified atom stereocenters. The van der Waals surface area contributed by atoms with Crippen molar-refractivity contribution in [2.24, 2.45) is 0 Å². The molecule has 0 bridgehead atoms. The van der Waals surface area contributed by atoms with Crippen LogP contribution in [0.1, 0.15) is 16.4 Å². The highest BCUT2D eigenvalue weighted by Gasteiger charge is 2.12. The smallest absolute Gasteiger partial charge is 0.287 e. The molecule has 0 fully saturated rings. The standard InChI is InChI=1S/C16H12N6O2/c23-15-9-4-1-2-5-10(9)20-14(22-15)16(24)18-8-12-19-11-6-3-7-17-13(11)21-12/h1-7H,8H2,(H,18,24)(H,17,19,21)(H,20,22,23). The number of aromatic nitrogens is 5. The molecular weight excluding hydrogens is 308 g/mol. The van der Waals surface area contributed by atoms with Crippen molar-refractivity contribution in [1.29, 1.82) is 0 Å². The van der Waals surface area contributed by atoms with Gasteiger partial charge in [-0.2, -0.15) is 0 Å². The normalized spacial score (nSPS) is 11.0. The summed E-state index contributed by atoms with van der Waals surface area (Å²) in [6, 6.07) is 10.5. The Balaban J connectivity index is 1.56. The molecule has 0 atom stereocenters. The molecule has 3 heterocycles. The van der Waals surface area contributed by atoms with Gasteiger partial charge in [0.15, 0.2) is 11.5 Å². The first-order chi connectivity index (χ1) is 11.7. The van der Waals surface area contributed by atoms with E-state index >= 15 is 0 Å². The number of H-pyrrole nitrogens is 2. The largest absolute Gasteiger partial charge is 0.342 e. The van der Waals surface area contributed by atoms with Crippen LogP contribution in [0.2, 0.25) is 0 Å². The van der Waals surface area contributed by atoms with Gasteiger partial charge in [-0.15, -0.1) is 0 Å². The third-order valence-electron chi connectivity index (χ3n) is 3.55. The number of amides is 1. The number of benzene rings is 1. The molecule has 0 saturated carbocycles. The molecule has 0 spiro atoms. The van der Waals surface area contributed by atoms with E-state index in [-0.39, 0.29) is 17.9 Å². The summed E-state index contributed by atoms with van der Waals surface area (Å²) in [5.41, 5.74) is 1.50. The number of aromatic amines is 2. The van der Waals surface area contributed by atoms with Gasteiger partial charge in [-0.25, -0.2) is 15.0 Å². The van der Waals surface area contributed by atoms with Crippen molar-refractivity contribution in [1.82, 2.24) is 30.2 Å².